The van der Waals surface area contributed by atoms with Gasteiger partial charge in [-0.15, -0.1) is 5.73 Å². The van der Waals surface area contributed by atoms with Gasteiger partial charge in [-0.3, -0.25) is 0 Å². The molecule has 0 aromatic rings. The van der Waals surface area contributed by atoms with Crippen molar-refractivity contribution in [3.63, 3.8) is 0 Å². The van der Waals surface area contributed by atoms with Gasteiger partial charge in [-0.1, -0.05) is 79.2 Å². The standard InChI is InChI=1S/C20H38/c1-7-18(4)12-9-14-20(6)16-10-15-19(5)13-8-11-17(2)3/h17,19-20H,1,8-16H2,2-6H3. The third-order valence-electron chi connectivity index (χ3n) is 4.42. The summed E-state index contributed by atoms with van der Waals surface area (Å²) < 4.78 is 0. The van der Waals surface area contributed by atoms with Crippen LogP contribution in [-0.4, -0.2) is 0 Å². The number of hydrogen-bond acceptors (Lipinski definition) is 0. The minimum absolute atomic E-state index is 0.871. The van der Waals surface area contributed by atoms with Crippen LogP contribution in [0, 0.1) is 17.8 Å². The van der Waals surface area contributed by atoms with E-state index in [-0.39, 0.29) is 0 Å². The molecule has 0 nitrogen and oxygen atoms in total. The van der Waals surface area contributed by atoms with Gasteiger partial charge in [0, 0.05) is 0 Å². The Labute approximate surface area is 128 Å². The lowest BCUT2D eigenvalue weighted by atomic mass is 9.91. The van der Waals surface area contributed by atoms with Crippen LogP contribution in [-0.2, 0) is 0 Å². The molecule has 0 aromatic carbocycles. The van der Waals surface area contributed by atoms with Gasteiger partial charge in [-0.2, -0.15) is 0 Å². The Balaban J connectivity index is 3.50. The number of allylic oxidation sites excluding steroid dienone is 1. The highest BCUT2D eigenvalue weighted by atomic mass is 14.1. The molecule has 2 atom stereocenters. The monoisotopic (exact) mass is 278 g/mol. The Morgan fingerprint density at radius 3 is 1.70 bits per heavy atom. The molecule has 0 heterocycles. The molecule has 0 radical (unpaired) electrons. The molecule has 118 valence electrons. The predicted molar refractivity (Wildman–Crippen MR) is 93.0 cm³/mol. The summed E-state index contributed by atoms with van der Waals surface area (Å²) >= 11 is 0. The Kier molecular flexibility index (Phi) is 12.0. The van der Waals surface area contributed by atoms with Crippen LogP contribution < -0.4 is 0 Å². The van der Waals surface area contributed by atoms with E-state index in [1.807, 2.05) is 0 Å². The maximum Gasteiger partial charge on any atom is -0.0247 e. The van der Waals surface area contributed by atoms with Crippen LogP contribution in [0.3, 0.4) is 0 Å². The molecular formula is C20H38. The van der Waals surface area contributed by atoms with Crippen LogP contribution in [0.1, 0.15) is 92.4 Å². The molecule has 0 amide bonds. The molecule has 0 spiro atoms. The van der Waals surface area contributed by atoms with Gasteiger partial charge in [0.1, 0.15) is 0 Å². The summed E-state index contributed by atoms with van der Waals surface area (Å²) in [6, 6.07) is 0. The SMILES string of the molecule is C=C=C(C)CCCC(C)CCCC(C)CCCC(C)C. The summed E-state index contributed by atoms with van der Waals surface area (Å²) in [6.45, 7) is 15.3. The van der Waals surface area contributed by atoms with Gasteiger partial charge in [0.05, 0.1) is 0 Å². The second-order valence-electron chi connectivity index (χ2n) is 7.32. The van der Waals surface area contributed by atoms with Gasteiger partial charge in [0.25, 0.3) is 0 Å². The zero-order valence-corrected chi connectivity index (χ0v) is 14.8. The highest BCUT2D eigenvalue weighted by Gasteiger charge is 2.06. The van der Waals surface area contributed by atoms with Gasteiger partial charge in [-0.05, 0) is 43.1 Å². The van der Waals surface area contributed by atoms with Crippen LogP contribution in [0.15, 0.2) is 17.9 Å². The van der Waals surface area contributed by atoms with E-state index in [0.717, 1.165) is 17.8 Å². The minimum atomic E-state index is 0.871. The second kappa shape index (κ2) is 12.3. The van der Waals surface area contributed by atoms with E-state index >= 15 is 0 Å². The molecule has 0 aliphatic carbocycles. The normalized spacial score (nSPS) is 14.1. The maximum atomic E-state index is 3.70. The van der Waals surface area contributed by atoms with Crippen molar-refractivity contribution in [3.05, 3.63) is 17.9 Å². The molecule has 20 heavy (non-hydrogen) atoms. The Bertz CT molecular complexity index is 268. The quantitative estimate of drug-likeness (QED) is 0.332. The van der Waals surface area contributed by atoms with Crippen LogP contribution in [0.5, 0.6) is 0 Å². The van der Waals surface area contributed by atoms with Crippen LogP contribution in [0.4, 0.5) is 0 Å². The molecule has 0 aliphatic rings. The fourth-order valence-electron chi connectivity index (χ4n) is 2.78. The van der Waals surface area contributed by atoms with Crippen molar-refractivity contribution in [2.24, 2.45) is 17.8 Å². The third-order valence-corrected chi connectivity index (χ3v) is 4.42. The summed E-state index contributed by atoms with van der Waals surface area (Å²) in [5.41, 5.74) is 4.31. The molecule has 0 aromatic heterocycles. The lowest BCUT2D eigenvalue weighted by molar-refractivity contribution is 0.389. The fraction of sp³-hybridized carbons (Fsp3) is 0.850. The van der Waals surface area contributed by atoms with E-state index in [0.29, 0.717) is 0 Å². The topological polar surface area (TPSA) is 0 Å². The highest BCUT2D eigenvalue weighted by Crippen LogP contribution is 2.21. The molecule has 0 saturated carbocycles. The van der Waals surface area contributed by atoms with Gasteiger partial charge in [0.2, 0.25) is 0 Å². The Morgan fingerprint density at radius 1 is 0.800 bits per heavy atom. The summed E-state index contributed by atoms with van der Waals surface area (Å²) in [5, 5.41) is 0. The van der Waals surface area contributed by atoms with Crippen LogP contribution in [0.25, 0.3) is 0 Å². The smallest absolute Gasteiger partial charge is 0.0247 e. The van der Waals surface area contributed by atoms with Crippen LogP contribution >= 0.6 is 0 Å². The Morgan fingerprint density at radius 2 is 1.25 bits per heavy atom. The molecule has 0 heteroatoms. The molecule has 0 aliphatic heterocycles. The molecular weight excluding hydrogens is 240 g/mol. The van der Waals surface area contributed by atoms with Gasteiger partial charge in [0.15, 0.2) is 0 Å². The number of hydrogen-bond donors (Lipinski definition) is 0. The van der Waals surface area contributed by atoms with Crippen molar-refractivity contribution in [3.8, 4) is 0 Å². The van der Waals surface area contributed by atoms with E-state index in [9.17, 15) is 0 Å². The fourth-order valence-corrected chi connectivity index (χ4v) is 2.78. The van der Waals surface area contributed by atoms with E-state index < -0.39 is 0 Å². The largest absolute Gasteiger partial charge is 0.130 e. The van der Waals surface area contributed by atoms with Crippen molar-refractivity contribution < 1.29 is 0 Å². The lowest BCUT2D eigenvalue weighted by Gasteiger charge is -2.15. The third kappa shape index (κ3) is 12.5. The van der Waals surface area contributed by atoms with Gasteiger partial charge < -0.3 is 0 Å². The summed E-state index contributed by atoms with van der Waals surface area (Å²) in [7, 11) is 0. The highest BCUT2D eigenvalue weighted by molar-refractivity contribution is 4.93. The van der Waals surface area contributed by atoms with E-state index in [4.69, 9.17) is 0 Å². The first-order valence-electron chi connectivity index (χ1n) is 8.81. The van der Waals surface area contributed by atoms with Crippen molar-refractivity contribution in [1.82, 2.24) is 0 Å². The van der Waals surface area contributed by atoms with E-state index in [1.54, 1.807) is 0 Å². The minimum Gasteiger partial charge on any atom is -0.130 e. The first kappa shape index (κ1) is 19.5. The predicted octanol–water partition coefficient (Wildman–Crippen LogP) is 7.16. The van der Waals surface area contributed by atoms with Crippen molar-refractivity contribution >= 4 is 0 Å². The van der Waals surface area contributed by atoms with Crippen molar-refractivity contribution in [2.75, 3.05) is 0 Å². The second-order valence-corrected chi connectivity index (χ2v) is 7.32. The molecule has 0 rings (SSSR count). The lowest BCUT2D eigenvalue weighted by Crippen LogP contribution is -2.00. The van der Waals surface area contributed by atoms with Gasteiger partial charge >= 0.3 is 0 Å². The average molecular weight is 279 g/mol. The molecule has 0 bridgehead atoms. The van der Waals surface area contributed by atoms with Crippen molar-refractivity contribution in [1.29, 1.82) is 0 Å². The zero-order valence-electron chi connectivity index (χ0n) is 14.8. The molecule has 0 N–H and O–H groups in total. The summed E-state index contributed by atoms with van der Waals surface area (Å²) in [4.78, 5) is 0. The summed E-state index contributed by atoms with van der Waals surface area (Å²) in [6.07, 6.45) is 12.3. The molecule has 0 fully saturated rings. The van der Waals surface area contributed by atoms with Gasteiger partial charge in [-0.25, -0.2) is 0 Å². The maximum absolute atomic E-state index is 3.70. The Hall–Kier alpha value is -0.480. The first-order chi connectivity index (χ1) is 9.45. The average Bonchev–Trinajstić information content (AvgIpc) is 2.38. The first-order valence-corrected chi connectivity index (χ1v) is 8.81. The van der Waals surface area contributed by atoms with Crippen LogP contribution in [0.2, 0.25) is 0 Å². The zero-order chi connectivity index (χ0) is 15.4. The number of rotatable bonds is 12. The van der Waals surface area contributed by atoms with E-state index in [1.165, 1.54) is 63.4 Å². The molecule has 2 unspecified atom stereocenters. The van der Waals surface area contributed by atoms with E-state index in [2.05, 4.69) is 46.9 Å². The molecule has 0 saturated heterocycles. The summed E-state index contributed by atoms with van der Waals surface area (Å²) in [5.74, 6) is 2.68. The van der Waals surface area contributed by atoms with Crippen molar-refractivity contribution in [2.45, 2.75) is 92.4 Å².